The Kier molecular flexibility index (Phi) is 5.66. The van der Waals surface area contributed by atoms with Crippen LogP contribution in [-0.4, -0.2) is 13.1 Å². The first-order valence-electron chi connectivity index (χ1n) is 5.68. The first-order valence-corrected chi connectivity index (χ1v) is 6.56. The van der Waals surface area contributed by atoms with Gasteiger partial charge in [-0.2, -0.15) is 0 Å². The van der Waals surface area contributed by atoms with Gasteiger partial charge in [0.05, 0.1) is 0 Å². The molecule has 0 atom stereocenters. The number of nitrogens with one attached hydrogen (secondary N) is 1. The van der Waals surface area contributed by atoms with Crippen LogP contribution in [0.5, 0.6) is 0 Å². The van der Waals surface area contributed by atoms with Crippen LogP contribution < -0.4 is 5.32 Å². The largest absolute Gasteiger partial charge is 0.313 e. The lowest BCUT2D eigenvalue weighted by atomic mass is 10.0. The van der Waals surface area contributed by atoms with Gasteiger partial charge in [0.1, 0.15) is 0 Å². The molecule has 1 heterocycles. The molecule has 0 aliphatic heterocycles. The highest BCUT2D eigenvalue weighted by Crippen LogP contribution is 2.17. The summed E-state index contributed by atoms with van der Waals surface area (Å²) in [6.45, 7) is 8.84. The van der Waals surface area contributed by atoms with Gasteiger partial charge in [-0.1, -0.05) is 32.4 Å². The molecule has 84 valence electrons. The monoisotopic (exact) mass is 223 g/mol. The zero-order valence-electron chi connectivity index (χ0n) is 9.92. The summed E-state index contributed by atoms with van der Waals surface area (Å²) >= 11 is 1.80. The van der Waals surface area contributed by atoms with Crippen molar-refractivity contribution in [1.29, 1.82) is 0 Å². The van der Waals surface area contributed by atoms with Gasteiger partial charge in [0.2, 0.25) is 0 Å². The van der Waals surface area contributed by atoms with E-state index in [2.05, 4.69) is 49.7 Å². The lowest BCUT2D eigenvalue weighted by molar-refractivity contribution is 0.657. The Balaban J connectivity index is 2.57. The third kappa shape index (κ3) is 4.63. The molecule has 0 saturated heterocycles. The summed E-state index contributed by atoms with van der Waals surface area (Å²) in [5.74, 6) is 0.622. The molecule has 0 aliphatic carbocycles. The lowest BCUT2D eigenvalue weighted by Crippen LogP contribution is -2.19. The Hall–Kier alpha value is -0.600. The molecule has 1 aromatic heterocycles. The molecule has 15 heavy (non-hydrogen) atoms. The minimum atomic E-state index is 0.622. The zero-order valence-corrected chi connectivity index (χ0v) is 10.7. The van der Waals surface area contributed by atoms with E-state index in [-0.39, 0.29) is 0 Å². The second kappa shape index (κ2) is 6.81. The van der Waals surface area contributed by atoms with E-state index < -0.39 is 0 Å². The van der Waals surface area contributed by atoms with Crippen LogP contribution in [0.4, 0.5) is 0 Å². The normalized spacial score (nSPS) is 12.4. The van der Waals surface area contributed by atoms with E-state index in [1.807, 2.05) is 0 Å². The van der Waals surface area contributed by atoms with Crippen LogP contribution in [0.3, 0.4) is 0 Å². The molecule has 1 aromatic rings. The summed E-state index contributed by atoms with van der Waals surface area (Å²) in [5, 5.41) is 5.59. The summed E-state index contributed by atoms with van der Waals surface area (Å²) in [6, 6.07) is 4.28. The van der Waals surface area contributed by atoms with E-state index in [4.69, 9.17) is 0 Å². The molecule has 0 saturated carbocycles. The third-order valence-corrected chi connectivity index (χ3v) is 3.19. The molecule has 0 fully saturated rings. The summed E-state index contributed by atoms with van der Waals surface area (Å²) in [6.07, 6.45) is 3.52. The fraction of sp³-hybridized carbons (Fsp3) is 0.538. The molecule has 1 rings (SSSR count). The maximum atomic E-state index is 3.47. The van der Waals surface area contributed by atoms with Crippen molar-refractivity contribution in [2.24, 2.45) is 5.92 Å². The van der Waals surface area contributed by atoms with Crippen molar-refractivity contribution in [3.8, 4) is 0 Å². The highest BCUT2D eigenvalue weighted by molar-refractivity contribution is 7.10. The SMILES string of the molecule is CCCNCC(=Cc1cccs1)C(C)C. The van der Waals surface area contributed by atoms with Crippen LogP contribution in [0.15, 0.2) is 23.1 Å². The first-order chi connectivity index (χ1) is 7.24. The maximum absolute atomic E-state index is 3.47. The minimum absolute atomic E-state index is 0.622. The molecule has 0 aliphatic rings. The highest BCUT2D eigenvalue weighted by atomic mass is 32.1. The predicted octanol–water partition coefficient (Wildman–Crippen LogP) is 3.79. The van der Waals surface area contributed by atoms with Gasteiger partial charge in [0.15, 0.2) is 0 Å². The summed E-state index contributed by atoms with van der Waals surface area (Å²) in [7, 11) is 0. The Labute approximate surface area is 97.2 Å². The lowest BCUT2D eigenvalue weighted by Gasteiger charge is -2.12. The molecule has 0 aromatic carbocycles. The first kappa shape index (κ1) is 12.5. The molecular weight excluding hydrogens is 202 g/mol. The van der Waals surface area contributed by atoms with E-state index in [1.165, 1.54) is 16.9 Å². The summed E-state index contributed by atoms with van der Waals surface area (Å²) < 4.78 is 0. The number of rotatable bonds is 6. The van der Waals surface area contributed by atoms with Gasteiger partial charge >= 0.3 is 0 Å². The topological polar surface area (TPSA) is 12.0 Å². The van der Waals surface area contributed by atoms with E-state index >= 15 is 0 Å². The predicted molar refractivity (Wildman–Crippen MR) is 70.3 cm³/mol. The van der Waals surface area contributed by atoms with Crippen LogP contribution in [-0.2, 0) is 0 Å². The fourth-order valence-corrected chi connectivity index (χ4v) is 2.08. The van der Waals surface area contributed by atoms with Gasteiger partial charge in [-0.05, 0) is 36.4 Å². The Morgan fingerprint density at radius 3 is 2.87 bits per heavy atom. The van der Waals surface area contributed by atoms with Crippen molar-refractivity contribution in [1.82, 2.24) is 5.32 Å². The molecule has 0 amide bonds. The smallest absolute Gasteiger partial charge is 0.0270 e. The number of hydrogen-bond donors (Lipinski definition) is 1. The second-order valence-corrected chi connectivity index (χ2v) is 5.05. The molecule has 2 heteroatoms. The Bertz CT molecular complexity index is 285. The Morgan fingerprint density at radius 1 is 1.53 bits per heavy atom. The quantitative estimate of drug-likeness (QED) is 0.724. The molecule has 0 unspecified atom stereocenters. The number of thiophene rings is 1. The minimum Gasteiger partial charge on any atom is -0.313 e. The van der Waals surface area contributed by atoms with Gasteiger partial charge < -0.3 is 5.32 Å². The van der Waals surface area contributed by atoms with Crippen molar-refractivity contribution >= 4 is 17.4 Å². The Morgan fingerprint density at radius 2 is 2.33 bits per heavy atom. The van der Waals surface area contributed by atoms with Gasteiger partial charge in [0, 0.05) is 11.4 Å². The van der Waals surface area contributed by atoms with Crippen LogP contribution in [0.2, 0.25) is 0 Å². The second-order valence-electron chi connectivity index (χ2n) is 4.07. The van der Waals surface area contributed by atoms with Gasteiger partial charge in [-0.3, -0.25) is 0 Å². The molecule has 0 radical (unpaired) electrons. The van der Waals surface area contributed by atoms with Crippen LogP contribution in [0.1, 0.15) is 32.1 Å². The van der Waals surface area contributed by atoms with Crippen molar-refractivity contribution in [2.45, 2.75) is 27.2 Å². The van der Waals surface area contributed by atoms with E-state index in [0.717, 1.165) is 13.1 Å². The molecule has 1 N–H and O–H groups in total. The van der Waals surface area contributed by atoms with Crippen molar-refractivity contribution < 1.29 is 0 Å². The summed E-state index contributed by atoms with van der Waals surface area (Å²) in [4.78, 5) is 1.36. The van der Waals surface area contributed by atoms with Gasteiger partial charge in [-0.25, -0.2) is 0 Å². The fourth-order valence-electron chi connectivity index (χ4n) is 1.39. The van der Waals surface area contributed by atoms with Gasteiger partial charge in [0.25, 0.3) is 0 Å². The van der Waals surface area contributed by atoms with Crippen LogP contribution >= 0.6 is 11.3 Å². The standard InChI is InChI=1S/C13H21NS/c1-4-7-14-10-12(11(2)3)9-13-6-5-8-15-13/h5-6,8-9,11,14H,4,7,10H2,1-3H3. The van der Waals surface area contributed by atoms with Crippen molar-refractivity contribution in [3.05, 3.63) is 28.0 Å². The molecular formula is C13H21NS. The molecule has 0 spiro atoms. The molecule has 0 bridgehead atoms. The van der Waals surface area contributed by atoms with Crippen molar-refractivity contribution in [3.63, 3.8) is 0 Å². The zero-order chi connectivity index (χ0) is 11.1. The highest BCUT2D eigenvalue weighted by Gasteiger charge is 2.03. The maximum Gasteiger partial charge on any atom is 0.0270 e. The average molecular weight is 223 g/mol. The summed E-state index contributed by atoms with van der Waals surface area (Å²) in [5.41, 5.74) is 1.49. The molecule has 1 nitrogen and oxygen atoms in total. The van der Waals surface area contributed by atoms with Crippen LogP contribution in [0, 0.1) is 5.92 Å². The van der Waals surface area contributed by atoms with E-state index in [0.29, 0.717) is 5.92 Å². The van der Waals surface area contributed by atoms with Crippen LogP contribution in [0.25, 0.3) is 6.08 Å². The van der Waals surface area contributed by atoms with Gasteiger partial charge in [-0.15, -0.1) is 11.3 Å². The average Bonchev–Trinajstić information content (AvgIpc) is 2.69. The van der Waals surface area contributed by atoms with E-state index in [9.17, 15) is 0 Å². The van der Waals surface area contributed by atoms with Crippen molar-refractivity contribution in [2.75, 3.05) is 13.1 Å². The number of hydrogen-bond acceptors (Lipinski definition) is 2. The van der Waals surface area contributed by atoms with E-state index in [1.54, 1.807) is 11.3 Å². The third-order valence-electron chi connectivity index (χ3n) is 2.37.